The number of aliphatic hydroxyl groups excluding tert-OH is 14. The SMILES string of the molecule is O=C(O)CCSC[C@H]1O[C@@H]2O[C@H]3[C@H](O)[C@@H](O)[C@@H](O[C@H]4[C@H](O)[C@@H](O)[C@@H](O[C@H]5[C@H](O)[C@@H](O)[C@@H](O[C@H]6[C@H](O)[C@@H](O)[C@@H](O[C@H]7[C@H](O)[C@@H](O)[C@@H](O[C@H]8[C@H](O)[C@@H](O)[C@@H](O[C@H]1[C@H](O)[C@H]2O)O[C@@H]8CSCCC(=O)O)O[C@@H]7CSCCC(=O)O)O[C@@H]6CSCCC(=O)O)O[C@@H]5CSCCC(=O)O)O[C@@H]4CSCCC(=O)O)O[C@@H]3CSCCC(=O)O. The van der Waals surface area contributed by atoms with Crippen LogP contribution in [0.3, 0.4) is 0 Å². The van der Waals surface area contributed by atoms with E-state index < -0.39 is 302 Å². The van der Waals surface area contributed by atoms with Gasteiger partial charge in [0.15, 0.2) is 44.0 Å². The summed E-state index contributed by atoms with van der Waals surface area (Å²) >= 11 is 6.34. The third-order valence-electron chi connectivity index (χ3n) is 18.7. The van der Waals surface area contributed by atoms with Crippen molar-refractivity contribution in [3.63, 3.8) is 0 Å². The third kappa shape index (κ3) is 26.6. The average Bonchev–Trinajstić information content (AvgIpc) is 0.778. The molecule has 0 aromatic heterocycles. The molecule has 21 rings (SSSR count). The molecule has 0 aliphatic carbocycles. The minimum atomic E-state index is -2.28. The highest BCUT2D eigenvalue weighted by Gasteiger charge is 2.60. The highest BCUT2D eigenvalue weighted by molar-refractivity contribution is 8.00. The van der Waals surface area contributed by atoms with E-state index in [9.17, 15) is 141 Å². The van der Waals surface area contributed by atoms with E-state index in [1.807, 2.05) is 0 Å². The van der Waals surface area contributed by atoms with Gasteiger partial charge in [-0.05, 0) is 0 Å². The molecule has 0 aromatic rings. The lowest BCUT2D eigenvalue weighted by Crippen LogP contribution is -2.68. The number of carboxylic acid groups (broad SMARTS) is 7. The molecule has 0 amide bonds. The van der Waals surface area contributed by atoms with Crippen molar-refractivity contribution >= 4 is 124 Å². The summed E-state index contributed by atoms with van der Waals surface area (Å²) in [4.78, 5) is 81.9. The second kappa shape index (κ2) is 45.9. The molecule has 21 saturated heterocycles. The zero-order valence-corrected chi connectivity index (χ0v) is 65.1. The first-order valence-electron chi connectivity index (χ1n) is 35.4. The quantitative estimate of drug-likeness (QED) is 0.0262. The number of hydrogen-bond acceptors (Lipinski definition) is 42. The second-order valence-electron chi connectivity index (χ2n) is 26.9. The zero-order valence-electron chi connectivity index (χ0n) is 59.4. The molecular weight excluding hydrogens is 1650 g/mol. The van der Waals surface area contributed by atoms with Gasteiger partial charge in [0.05, 0.1) is 87.7 Å². The first-order chi connectivity index (χ1) is 53.1. The van der Waals surface area contributed by atoms with Crippen molar-refractivity contribution in [3.8, 4) is 0 Å². The summed E-state index contributed by atoms with van der Waals surface area (Å²) < 4.78 is 87.3. The van der Waals surface area contributed by atoms with Gasteiger partial charge in [0.1, 0.15) is 128 Å². The van der Waals surface area contributed by atoms with Crippen LogP contribution >= 0.6 is 82.3 Å². The molecule has 35 atom stereocenters. The van der Waals surface area contributed by atoms with E-state index in [4.69, 9.17) is 66.3 Å². The fourth-order valence-electron chi connectivity index (χ4n) is 12.8. The molecule has 49 heteroatoms. The van der Waals surface area contributed by atoms with Crippen LogP contribution in [-0.4, -0.2) is 445 Å². The van der Waals surface area contributed by atoms with Crippen LogP contribution in [0, 0.1) is 0 Å². The highest BCUT2D eigenvalue weighted by atomic mass is 32.2. The number of thioether (sulfide) groups is 7. The van der Waals surface area contributed by atoms with Crippen molar-refractivity contribution in [2.45, 2.75) is 260 Å². The summed E-state index contributed by atoms with van der Waals surface area (Å²) in [7, 11) is 0. The minimum Gasteiger partial charge on any atom is -0.481 e. The Balaban J connectivity index is 1.21. The lowest BCUT2D eigenvalue weighted by atomic mass is 9.95. The lowest BCUT2D eigenvalue weighted by Gasteiger charge is -2.50. The number of hydrogen-bond donors (Lipinski definition) is 21. The third-order valence-corrected chi connectivity index (χ3v) is 26.1. The van der Waals surface area contributed by atoms with Crippen molar-refractivity contribution in [2.75, 3.05) is 80.5 Å². The first-order valence-corrected chi connectivity index (χ1v) is 43.5. The molecule has 0 saturated carbocycles. The van der Waals surface area contributed by atoms with Crippen LogP contribution in [0.1, 0.15) is 44.9 Å². The first kappa shape index (κ1) is 95.1. The van der Waals surface area contributed by atoms with Gasteiger partial charge in [0.2, 0.25) is 0 Å². The largest absolute Gasteiger partial charge is 0.481 e. The van der Waals surface area contributed by atoms with Crippen LogP contribution in [0.15, 0.2) is 0 Å². The van der Waals surface area contributed by atoms with Crippen LogP contribution in [0.2, 0.25) is 0 Å². The Bertz CT molecular complexity index is 2440. The van der Waals surface area contributed by atoms with E-state index in [-0.39, 0.29) is 80.5 Å². The van der Waals surface area contributed by atoms with Crippen LogP contribution in [-0.2, 0) is 99.9 Å². The van der Waals surface area contributed by atoms with Gasteiger partial charge in [-0.15, -0.1) is 0 Å². The van der Waals surface area contributed by atoms with Crippen molar-refractivity contribution in [1.82, 2.24) is 0 Å². The number of aliphatic hydroxyl groups is 14. The molecule has 112 heavy (non-hydrogen) atoms. The lowest BCUT2D eigenvalue weighted by molar-refractivity contribution is -0.389. The highest BCUT2D eigenvalue weighted by Crippen LogP contribution is 2.42. The van der Waals surface area contributed by atoms with E-state index in [0.717, 1.165) is 82.3 Å². The Morgan fingerprint density at radius 1 is 0.179 bits per heavy atom. The van der Waals surface area contributed by atoms with Crippen molar-refractivity contribution in [3.05, 3.63) is 0 Å². The molecule has 21 fully saturated rings. The molecule has 0 aromatic carbocycles. The van der Waals surface area contributed by atoms with Crippen LogP contribution in [0.25, 0.3) is 0 Å². The predicted molar refractivity (Wildman–Crippen MR) is 386 cm³/mol. The molecular formula is C63H98O42S7. The number of carboxylic acids is 7. The fraction of sp³-hybridized carbons (Fsp3) is 0.889. The Morgan fingerprint density at radius 2 is 0.286 bits per heavy atom. The molecule has 21 heterocycles. The van der Waals surface area contributed by atoms with E-state index in [0.29, 0.717) is 0 Å². The predicted octanol–water partition coefficient (Wildman–Crippen LogP) is -6.72. The van der Waals surface area contributed by atoms with Crippen molar-refractivity contribution < 1.29 is 207 Å². The topological polar surface area (TPSA) is 674 Å². The van der Waals surface area contributed by atoms with Gasteiger partial charge in [0.25, 0.3) is 0 Å². The Hall–Kier alpha value is -2.38. The van der Waals surface area contributed by atoms with Crippen LogP contribution in [0.5, 0.6) is 0 Å². The van der Waals surface area contributed by atoms with E-state index in [2.05, 4.69) is 0 Å². The summed E-state index contributed by atoms with van der Waals surface area (Å²) in [6.07, 6.45) is -73.2. The van der Waals surface area contributed by atoms with E-state index in [1.54, 1.807) is 0 Å². The standard InChI is InChI=1S/C63H98O42S7/c64-29(65)1-8-106-15-22-50-36(78)43(85)57(92-22)100-51-23(16-107-9-2-30(66)67)94-59(45(87)38(51)80)102-53-25(18-109-11-4-32(70)71)96-61(47(89)40(53)82)104-55-27(20-111-13-6-34(74)75)98-63(49(91)42(55)84)105-56-28(21-112-14-7-35(76)77)97-62(48(90)41(56)83)103-54-26(19-110-12-5-33(72)73)95-60(46(88)39(54)81)101-52-24(17-108-10-3-31(68)69)93-58(99-50)44(86)37(52)79/h22-28,36-63,78-91H,1-21H2,(H,64,65)(H,66,67)(H,68,69)(H,70,71)(H,72,73)(H,74,75)(H,76,77)/t22-,23-,24-,25-,26-,27-,28-,36-,37-,38-,39-,40-,41-,42-,43-,44-,45-,46-,47-,48-,49-,50-,51-,52-,53-,54-,55-,56-,57-,58-,59-,60-,61-,62-,63-/m1/s1. The van der Waals surface area contributed by atoms with Crippen molar-refractivity contribution in [1.29, 1.82) is 0 Å². The van der Waals surface area contributed by atoms with E-state index >= 15 is 0 Å². The van der Waals surface area contributed by atoms with Gasteiger partial charge < -0.3 is 174 Å². The smallest absolute Gasteiger partial charge is 0.304 e. The van der Waals surface area contributed by atoms with Gasteiger partial charge in [-0.1, -0.05) is 0 Å². The Kier molecular flexibility index (Phi) is 38.9. The zero-order chi connectivity index (χ0) is 81.9. The monoisotopic (exact) mass is 1750 g/mol. The summed E-state index contributed by atoms with van der Waals surface area (Å²) in [5, 5.41) is 236. The number of rotatable bonds is 35. The fourth-order valence-corrected chi connectivity index (χ4v) is 19.7. The number of aliphatic carboxylic acids is 7. The maximum Gasteiger partial charge on any atom is 0.304 e. The molecule has 0 spiro atoms. The molecule has 14 bridgehead atoms. The van der Waals surface area contributed by atoms with Crippen molar-refractivity contribution in [2.24, 2.45) is 0 Å². The molecule has 0 radical (unpaired) electrons. The van der Waals surface area contributed by atoms with Gasteiger partial charge in [-0.3, -0.25) is 33.6 Å². The molecule has 21 aliphatic heterocycles. The van der Waals surface area contributed by atoms with Crippen LogP contribution in [0.4, 0.5) is 0 Å². The summed E-state index contributed by atoms with van der Waals surface area (Å²) in [6.45, 7) is 0. The van der Waals surface area contributed by atoms with Gasteiger partial charge in [-0.25, -0.2) is 0 Å². The molecule has 0 unspecified atom stereocenters. The Morgan fingerprint density at radius 3 is 0.384 bits per heavy atom. The maximum absolute atomic E-state index is 12.2. The number of carbonyl (C=O) groups is 7. The molecule has 644 valence electrons. The minimum absolute atomic E-state index is 0.126. The van der Waals surface area contributed by atoms with Gasteiger partial charge in [-0.2, -0.15) is 82.3 Å². The van der Waals surface area contributed by atoms with Gasteiger partial charge in [0, 0.05) is 80.5 Å². The normalized spacial score (nSPS) is 41.5. The van der Waals surface area contributed by atoms with E-state index in [1.165, 1.54) is 0 Å². The summed E-state index contributed by atoms with van der Waals surface area (Å²) in [5.74, 6) is -11.9. The Labute approximate surface area is 668 Å². The summed E-state index contributed by atoms with van der Waals surface area (Å²) in [6, 6.07) is 0. The molecule has 21 N–H and O–H groups in total. The average molecular weight is 1750 g/mol. The second-order valence-corrected chi connectivity index (χ2v) is 35.0. The summed E-state index contributed by atoms with van der Waals surface area (Å²) in [5.41, 5.74) is 0. The maximum atomic E-state index is 12.2. The molecule has 42 nitrogen and oxygen atoms in total. The molecule has 21 aliphatic rings. The van der Waals surface area contributed by atoms with Crippen LogP contribution < -0.4 is 0 Å². The number of ether oxygens (including phenoxy) is 14. The van der Waals surface area contributed by atoms with Gasteiger partial charge >= 0.3 is 41.8 Å².